The summed E-state index contributed by atoms with van der Waals surface area (Å²) in [6.07, 6.45) is 1.50. The molecule has 0 aliphatic carbocycles. The Bertz CT molecular complexity index is 1600. The van der Waals surface area contributed by atoms with Crippen molar-refractivity contribution in [3.8, 4) is 23.4 Å². The van der Waals surface area contributed by atoms with Gasteiger partial charge in [-0.3, -0.25) is 14.5 Å². The van der Waals surface area contributed by atoms with Crippen LogP contribution in [-0.4, -0.2) is 41.9 Å². The minimum atomic E-state index is -0.576. The maximum atomic E-state index is 13.4. The predicted molar refractivity (Wildman–Crippen MR) is 123 cm³/mol. The summed E-state index contributed by atoms with van der Waals surface area (Å²) in [5.74, 6) is 0.0906. The lowest BCUT2D eigenvalue weighted by molar-refractivity contribution is 0.140. The number of aromatic nitrogens is 3. The number of amides is 1. The Kier molecular flexibility index (Phi) is 4.62. The van der Waals surface area contributed by atoms with Gasteiger partial charge in [0.25, 0.3) is 0 Å². The van der Waals surface area contributed by atoms with Gasteiger partial charge in [-0.2, -0.15) is 5.26 Å². The summed E-state index contributed by atoms with van der Waals surface area (Å²) in [5.41, 5.74) is 1.86. The largest absolute Gasteiger partial charge is 0.493 e. The van der Waals surface area contributed by atoms with E-state index in [4.69, 9.17) is 4.74 Å². The number of aliphatic hydroxyl groups is 1. The number of aliphatic hydroxyl groups excluding tert-OH is 1. The number of nitrogens with zero attached hydrogens (tertiary/aromatic N) is 5. The van der Waals surface area contributed by atoms with Gasteiger partial charge in [0.05, 0.1) is 35.5 Å². The van der Waals surface area contributed by atoms with Crippen LogP contribution in [0.3, 0.4) is 0 Å². The molecule has 2 atom stereocenters. The molecule has 10 nitrogen and oxygen atoms in total. The van der Waals surface area contributed by atoms with Crippen molar-refractivity contribution in [3.05, 3.63) is 82.0 Å². The molecule has 1 unspecified atom stereocenters. The molecule has 4 aromatic rings. The van der Waals surface area contributed by atoms with E-state index in [2.05, 4.69) is 11.1 Å². The van der Waals surface area contributed by atoms with Crippen molar-refractivity contribution < 1.29 is 19.7 Å². The number of fused-ring (bicyclic) bond motifs is 6. The maximum Gasteiger partial charge on any atom is 0.415 e. The molecule has 2 aromatic heterocycles. The Balaban J connectivity index is 1.38. The second kappa shape index (κ2) is 7.72. The fraction of sp³-hybridized carbons (Fsp3) is 0.200. The minimum absolute atomic E-state index is 0.109. The lowest BCUT2D eigenvalue weighted by Gasteiger charge is -2.26. The number of benzene rings is 2. The molecule has 4 heterocycles. The van der Waals surface area contributed by atoms with Crippen LogP contribution in [-0.2, 0) is 6.61 Å². The predicted octanol–water partition coefficient (Wildman–Crippen LogP) is 2.76. The standard InChI is InChI=1S/C25H19N5O5/c26-11-15-5-8-19(18-2-1-9-27-21(15)18)30-23(32)22-20-10-16(29(22)24(30)33)12-28(20)25(34)35-17-6-3-14(13-31)4-7-17/h1-9,16,20,31-32H,10,12-13H2/t16-,20?/m1/s1. The minimum Gasteiger partial charge on any atom is -0.493 e. The van der Waals surface area contributed by atoms with Crippen LogP contribution in [0.15, 0.2) is 59.5 Å². The van der Waals surface area contributed by atoms with Crippen molar-refractivity contribution >= 4 is 17.0 Å². The van der Waals surface area contributed by atoms with Gasteiger partial charge in [0, 0.05) is 18.1 Å². The first kappa shape index (κ1) is 20.9. The van der Waals surface area contributed by atoms with Crippen LogP contribution in [0.5, 0.6) is 11.6 Å². The third-order valence-corrected chi connectivity index (χ3v) is 6.71. The van der Waals surface area contributed by atoms with Crippen molar-refractivity contribution in [2.75, 3.05) is 6.54 Å². The fourth-order valence-corrected chi connectivity index (χ4v) is 5.13. The fourth-order valence-electron chi connectivity index (χ4n) is 5.13. The van der Waals surface area contributed by atoms with E-state index < -0.39 is 17.8 Å². The molecule has 0 spiro atoms. The first-order chi connectivity index (χ1) is 17.0. The smallest absolute Gasteiger partial charge is 0.415 e. The summed E-state index contributed by atoms with van der Waals surface area (Å²) in [4.78, 5) is 32.1. The lowest BCUT2D eigenvalue weighted by Crippen LogP contribution is -2.39. The van der Waals surface area contributed by atoms with E-state index in [9.17, 15) is 25.1 Å². The highest BCUT2D eigenvalue weighted by Gasteiger charge is 2.50. The quantitative estimate of drug-likeness (QED) is 0.471. The summed E-state index contributed by atoms with van der Waals surface area (Å²) in [5, 5.41) is 30.3. The zero-order valence-electron chi connectivity index (χ0n) is 18.3. The second-order valence-electron chi connectivity index (χ2n) is 8.57. The van der Waals surface area contributed by atoms with Crippen LogP contribution in [0.4, 0.5) is 4.79 Å². The van der Waals surface area contributed by atoms with Crippen LogP contribution in [0.2, 0.25) is 0 Å². The summed E-state index contributed by atoms with van der Waals surface area (Å²) in [6.45, 7) is 0.173. The van der Waals surface area contributed by atoms with Crippen molar-refractivity contribution in [1.82, 2.24) is 19.0 Å². The molecule has 1 saturated heterocycles. The third kappa shape index (κ3) is 3.02. The van der Waals surface area contributed by atoms with Gasteiger partial charge in [-0.25, -0.2) is 14.2 Å². The van der Waals surface area contributed by atoms with Crippen molar-refractivity contribution in [2.45, 2.75) is 25.1 Å². The van der Waals surface area contributed by atoms with Gasteiger partial charge >= 0.3 is 11.8 Å². The average molecular weight is 469 g/mol. The molecule has 2 aliphatic rings. The monoisotopic (exact) mass is 469 g/mol. The molecule has 1 amide bonds. The van der Waals surface area contributed by atoms with Crippen molar-refractivity contribution in [3.63, 3.8) is 0 Å². The van der Waals surface area contributed by atoms with Gasteiger partial charge in [0.2, 0.25) is 5.88 Å². The number of carbonyl (C=O) groups excluding carboxylic acids is 1. The number of hydrogen-bond donors (Lipinski definition) is 2. The molecule has 1 fully saturated rings. The Hall–Kier alpha value is -4.62. The zero-order valence-corrected chi connectivity index (χ0v) is 18.3. The topological polar surface area (TPSA) is 134 Å². The zero-order chi connectivity index (χ0) is 24.3. The Labute approximate surface area is 198 Å². The number of pyridine rings is 1. The van der Waals surface area contributed by atoms with Gasteiger partial charge < -0.3 is 14.9 Å². The highest BCUT2D eigenvalue weighted by atomic mass is 16.6. The van der Waals surface area contributed by atoms with Crippen LogP contribution in [0.25, 0.3) is 16.6 Å². The molecule has 2 bridgehead atoms. The number of nitriles is 1. The second-order valence-corrected chi connectivity index (χ2v) is 8.57. The number of ether oxygens (including phenoxy) is 1. The van der Waals surface area contributed by atoms with Gasteiger partial charge in [-0.1, -0.05) is 12.1 Å². The number of hydrogen-bond acceptors (Lipinski definition) is 7. The summed E-state index contributed by atoms with van der Waals surface area (Å²) in [7, 11) is 0. The Morgan fingerprint density at radius 3 is 2.74 bits per heavy atom. The van der Waals surface area contributed by atoms with E-state index >= 15 is 0 Å². The number of rotatable bonds is 3. The van der Waals surface area contributed by atoms with Gasteiger partial charge in [0.1, 0.15) is 17.5 Å². The Morgan fingerprint density at radius 2 is 2.00 bits per heavy atom. The van der Waals surface area contributed by atoms with E-state index in [0.717, 1.165) is 0 Å². The molecule has 6 rings (SSSR count). The number of aromatic hydroxyl groups is 1. The first-order valence-electron chi connectivity index (χ1n) is 11.0. The number of imidazole rings is 1. The van der Waals surface area contributed by atoms with Crippen LogP contribution < -0.4 is 10.4 Å². The van der Waals surface area contributed by atoms with E-state index in [-0.39, 0.29) is 25.1 Å². The Morgan fingerprint density at radius 1 is 1.20 bits per heavy atom. The normalized spacial score (nSPS) is 18.0. The maximum absolute atomic E-state index is 13.4. The summed E-state index contributed by atoms with van der Waals surface area (Å²) in [6, 6.07) is 14.5. The van der Waals surface area contributed by atoms with E-state index in [1.54, 1.807) is 59.3 Å². The van der Waals surface area contributed by atoms with Crippen LogP contribution in [0.1, 0.15) is 35.3 Å². The van der Waals surface area contributed by atoms with E-state index in [1.165, 1.54) is 9.47 Å². The van der Waals surface area contributed by atoms with E-state index in [1.807, 2.05) is 0 Å². The first-order valence-corrected chi connectivity index (χ1v) is 11.0. The molecular formula is C25H19N5O5. The van der Waals surface area contributed by atoms with E-state index in [0.29, 0.717) is 45.6 Å². The van der Waals surface area contributed by atoms with Gasteiger partial charge in [0.15, 0.2) is 0 Å². The molecule has 174 valence electrons. The van der Waals surface area contributed by atoms with Crippen molar-refractivity contribution in [1.29, 1.82) is 5.26 Å². The van der Waals surface area contributed by atoms with Gasteiger partial charge in [-0.15, -0.1) is 0 Å². The summed E-state index contributed by atoms with van der Waals surface area (Å²) >= 11 is 0. The molecule has 0 saturated carbocycles. The molecule has 0 radical (unpaired) electrons. The average Bonchev–Trinajstić information content (AvgIpc) is 3.55. The third-order valence-electron chi connectivity index (χ3n) is 6.71. The summed E-state index contributed by atoms with van der Waals surface area (Å²) < 4.78 is 8.25. The number of likely N-dealkylation sites (tertiary alicyclic amines) is 1. The molecular weight excluding hydrogens is 450 g/mol. The van der Waals surface area contributed by atoms with Crippen molar-refractivity contribution in [2.24, 2.45) is 0 Å². The number of carbonyl (C=O) groups is 1. The molecule has 2 N–H and O–H groups in total. The lowest BCUT2D eigenvalue weighted by atomic mass is 10.1. The molecule has 2 aromatic carbocycles. The van der Waals surface area contributed by atoms with Crippen LogP contribution in [0, 0.1) is 11.3 Å². The van der Waals surface area contributed by atoms with Gasteiger partial charge in [-0.05, 0) is 48.4 Å². The molecule has 2 aliphatic heterocycles. The van der Waals surface area contributed by atoms with Crippen LogP contribution >= 0.6 is 0 Å². The highest BCUT2D eigenvalue weighted by molar-refractivity contribution is 5.91. The highest BCUT2D eigenvalue weighted by Crippen LogP contribution is 2.49. The molecule has 35 heavy (non-hydrogen) atoms. The molecule has 10 heteroatoms. The SMILES string of the molecule is N#Cc1ccc(-n2c(O)c3n(c2=O)[C@@H]2CC3N(C(=O)Oc3ccc(CO)cc3)C2)c2cccnc12.